The van der Waals surface area contributed by atoms with Gasteiger partial charge >= 0.3 is 0 Å². The van der Waals surface area contributed by atoms with Gasteiger partial charge in [0.15, 0.2) is 5.82 Å². The predicted octanol–water partition coefficient (Wildman–Crippen LogP) is 0.930. The fourth-order valence-electron chi connectivity index (χ4n) is 2.00. The molecule has 9 heteroatoms. The molecule has 3 rings (SSSR count). The average Bonchev–Trinajstić information content (AvgIpc) is 3.11. The second kappa shape index (κ2) is 5.98. The first-order valence-corrected chi connectivity index (χ1v) is 6.45. The average molecular weight is 306 g/mol. The molecule has 0 radical (unpaired) electrons. The Balaban J connectivity index is 1.69. The van der Waals surface area contributed by atoms with Crippen LogP contribution in [0.25, 0.3) is 0 Å². The monoisotopic (exact) mass is 306 g/mol. The van der Waals surface area contributed by atoms with Gasteiger partial charge in [0.25, 0.3) is 0 Å². The Bertz CT molecular complexity index is 758. The molecule has 1 N–H and O–H groups in total. The van der Waals surface area contributed by atoms with Crippen molar-refractivity contribution >= 4 is 0 Å². The minimum atomic E-state index is -1.15. The van der Waals surface area contributed by atoms with Crippen molar-refractivity contribution in [1.82, 2.24) is 29.5 Å². The van der Waals surface area contributed by atoms with Crippen LogP contribution < -0.4 is 0 Å². The van der Waals surface area contributed by atoms with Crippen molar-refractivity contribution in [3.63, 3.8) is 0 Å². The van der Waals surface area contributed by atoms with Crippen molar-refractivity contribution in [2.24, 2.45) is 0 Å². The van der Waals surface area contributed by atoms with E-state index >= 15 is 0 Å². The molecule has 1 atom stereocenters. The lowest BCUT2D eigenvalue weighted by Crippen LogP contribution is -2.11. The van der Waals surface area contributed by atoms with Crippen LogP contribution in [-0.4, -0.2) is 34.6 Å². The molecular formula is C13H12F2N6O. The summed E-state index contributed by atoms with van der Waals surface area (Å²) in [4.78, 5) is 7.88. The molecule has 22 heavy (non-hydrogen) atoms. The Morgan fingerprint density at radius 3 is 2.77 bits per heavy atom. The third kappa shape index (κ3) is 3.14. The zero-order valence-electron chi connectivity index (χ0n) is 11.3. The van der Waals surface area contributed by atoms with Crippen molar-refractivity contribution in [3.05, 3.63) is 60.2 Å². The van der Waals surface area contributed by atoms with Crippen LogP contribution in [-0.2, 0) is 13.1 Å². The zero-order valence-corrected chi connectivity index (χ0v) is 11.3. The second-order valence-corrected chi connectivity index (χ2v) is 4.66. The van der Waals surface area contributed by atoms with E-state index in [1.165, 1.54) is 29.7 Å². The van der Waals surface area contributed by atoms with Gasteiger partial charge in [-0.2, -0.15) is 10.2 Å². The van der Waals surface area contributed by atoms with E-state index in [1.54, 1.807) is 4.68 Å². The molecule has 114 valence electrons. The lowest BCUT2D eigenvalue weighted by molar-refractivity contribution is 0.146. The number of hydrogen-bond donors (Lipinski definition) is 1. The Kier molecular flexibility index (Phi) is 3.88. The minimum absolute atomic E-state index is 0.00685. The highest BCUT2D eigenvalue weighted by Gasteiger charge is 2.15. The molecule has 0 saturated carbocycles. The van der Waals surface area contributed by atoms with E-state index in [2.05, 4.69) is 20.2 Å². The first kappa shape index (κ1) is 14.3. The highest BCUT2D eigenvalue weighted by Crippen LogP contribution is 2.19. The molecule has 0 saturated heterocycles. The summed E-state index contributed by atoms with van der Waals surface area (Å²) < 4.78 is 29.4. The molecule has 0 aliphatic heterocycles. The molecule has 3 aromatic rings. The maximum Gasteiger partial charge on any atom is 0.172 e. The van der Waals surface area contributed by atoms with Gasteiger partial charge in [0.05, 0.1) is 6.54 Å². The van der Waals surface area contributed by atoms with E-state index in [9.17, 15) is 13.9 Å². The van der Waals surface area contributed by atoms with Gasteiger partial charge in [0.1, 0.15) is 43.3 Å². The van der Waals surface area contributed by atoms with Crippen molar-refractivity contribution in [1.29, 1.82) is 0 Å². The van der Waals surface area contributed by atoms with E-state index in [-0.39, 0.29) is 12.1 Å². The van der Waals surface area contributed by atoms with Crippen LogP contribution in [0.2, 0.25) is 0 Å². The summed E-state index contributed by atoms with van der Waals surface area (Å²) in [6.45, 7) is 0.348. The number of aliphatic hydroxyl groups is 1. The minimum Gasteiger partial charge on any atom is -0.386 e. The van der Waals surface area contributed by atoms with Crippen LogP contribution in [0.1, 0.15) is 17.5 Å². The fourth-order valence-corrected chi connectivity index (χ4v) is 2.00. The summed E-state index contributed by atoms with van der Waals surface area (Å²) >= 11 is 0. The third-order valence-electron chi connectivity index (χ3n) is 3.04. The zero-order chi connectivity index (χ0) is 15.5. The molecule has 1 aromatic carbocycles. The largest absolute Gasteiger partial charge is 0.386 e. The van der Waals surface area contributed by atoms with Gasteiger partial charge in [-0.25, -0.2) is 28.1 Å². The Morgan fingerprint density at radius 1 is 1.18 bits per heavy atom. The summed E-state index contributed by atoms with van der Waals surface area (Å²) in [6.07, 6.45) is 3.21. The highest BCUT2D eigenvalue weighted by atomic mass is 19.1. The van der Waals surface area contributed by atoms with Gasteiger partial charge in [-0.1, -0.05) is 6.07 Å². The number of rotatable bonds is 5. The summed E-state index contributed by atoms with van der Waals surface area (Å²) in [7, 11) is 0. The maximum absolute atomic E-state index is 13.6. The lowest BCUT2D eigenvalue weighted by Gasteiger charge is -2.11. The fraction of sp³-hybridized carbons (Fsp3) is 0.231. The van der Waals surface area contributed by atoms with Gasteiger partial charge < -0.3 is 5.11 Å². The van der Waals surface area contributed by atoms with Gasteiger partial charge in [-0.15, -0.1) is 0 Å². The van der Waals surface area contributed by atoms with E-state index in [0.29, 0.717) is 12.4 Å². The molecule has 2 aromatic heterocycles. The van der Waals surface area contributed by atoms with E-state index in [4.69, 9.17) is 0 Å². The predicted molar refractivity (Wildman–Crippen MR) is 70.5 cm³/mol. The van der Waals surface area contributed by atoms with Crippen molar-refractivity contribution < 1.29 is 13.9 Å². The van der Waals surface area contributed by atoms with Crippen molar-refractivity contribution in [2.45, 2.75) is 19.2 Å². The molecule has 7 nitrogen and oxygen atoms in total. The molecule has 2 heterocycles. The first-order valence-electron chi connectivity index (χ1n) is 6.45. The van der Waals surface area contributed by atoms with Gasteiger partial charge in [-0.3, -0.25) is 0 Å². The summed E-state index contributed by atoms with van der Waals surface area (Å²) in [6, 6.07) is 3.04. The number of halogens is 2. The summed E-state index contributed by atoms with van der Waals surface area (Å²) in [5.74, 6) is -1.00. The van der Waals surface area contributed by atoms with Crippen LogP contribution in [0.3, 0.4) is 0 Å². The quantitative estimate of drug-likeness (QED) is 0.758. The smallest absolute Gasteiger partial charge is 0.172 e. The molecule has 0 spiro atoms. The van der Waals surface area contributed by atoms with Crippen LogP contribution in [0.5, 0.6) is 0 Å². The van der Waals surface area contributed by atoms with E-state index in [0.717, 1.165) is 12.1 Å². The number of hydrogen-bond acceptors (Lipinski definition) is 5. The topological polar surface area (TPSA) is 81.6 Å². The van der Waals surface area contributed by atoms with E-state index < -0.39 is 17.7 Å². The van der Waals surface area contributed by atoms with Crippen LogP contribution in [0.4, 0.5) is 8.78 Å². The van der Waals surface area contributed by atoms with Gasteiger partial charge in [-0.05, 0) is 6.07 Å². The Morgan fingerprint density at radius 2 is 2.05 bits per heavy atom. The highest BCUT2D eigenvalue weighted by molar-refractivity contribution is 5.20. The normalized spacial score (nSPS) is 12.5. The standard InChI is InChI=1S/C13H12F2N6O/c14-9-1-2-10(11(15)3-9)12(22)4-21-8-17-13(19-21)5-20-7-16-6-18-20/h1-3,6-8,12,22H,4-5H2. The van der Waals surface area contributed by atoms with Crippen LogP contribution in [0.15, 0.2) is 37.2 Å². The number of aliphatic hydroxyl groups excluding tert-OH is 1. The third-order valence-corrected chi connectivity index (χ3v) is 3.04. The molecular weight excluding hydrogens is 294 g/mol. The molecule has 0 amide bonds. The van der Waals surface area contributed by atoms with Crippen LogP contribution >= 0.6 is 0 Å². The lowest BCUT2D eigenvalue weighted by atomic mass is 10.1. The molecule has 0 aliphatic rings. The maximum atomic E-state index is 13.6. The second-order valence-electron chi connectivity index (χ2n) is 4.66. The Hall–Kier alpha value is -2.68. The molecule has 0 fully saturated rings. The van der Waals surface area contributed by atoms with E-state index in [1.807, 2.05) is 0 Å². The summed E-state index contributed by atoms with van der Waals surface area (Å²) in [5.41, 5.74) is 0.00901. The van der Waals surface area contributed by atoms with Crippen molar-refractivity contribution in [2.75, 3.05) is 0 Å². The van der Waals surface area contributed by atoms with Gasteiger partial charge in [0.2, 0.25) is 0 Å². The number of nitrogens with zero attached hydrogens (tertiary/aromatic N) is 6. The number of aromatic nitrogens is 6. The first-order chi connectivity index (χ1) is 10.6. The van der Waals surface area contributed by atoms with Gasteiger partial charge in [0, 0.05) is 11.6 Å². The van der Waals surface area contributed by atoms with Crippen LogP contribution in [0, 0.1) is 11.6 Å². The molecule has 0 bridgehead atoms. The SMILES string of the molecule is OC(Cn1cnc(Cn2cncn2)n1)c1ccc(F)cc1F. The molecule has 0 aliphatic carbocycles. The molecule has 1 unspecified atom stereocenters. The summed E-state index contributed by atoms with van der Waals surface area (Å²) in [5, 5.41) is 18.1. The number of benzene rings is 1. The van der Waals surface area contributed by atoms with Crippen molar-refractivity contribution in [3.8, 4) is 0 Å². The Labute approximate surface area is 123 Å².